The van der Waals surface area contributed by atoms with E-state index in [1.165, 1.54) is 0 Å². The zero-order valence-corrected chi connectivity index (χ0v) is 8.27. The lowest BCUT2D eigenvalue weighted by Crippen LogP contribution is -2.28. The molecule has 0 radical (unpaired) electrons. The van der Waals surface area contributed by atoms with Crippen LogP contribution in [0.5, 0.6) is 0 Å². The quantitative estimate of drug-likeness (QED) is 0.414. The Kier molecular flexibility index (Phi) is 2.44. The summed E-state index contributed by atoms with van der Waals surface area (Å²) in [5, 5.41) is 12.0. The maximum atomic E-state index is 11.5. The summed E-state index contributed by atoms with van der Waals surface area (Å²) >= 11 is 0. The van der Waals surface area contributed by atoms with Crippen molar-refractivity contribution in [2.24, 2.45) is 22.9 Å². The number of hydrogen-bond donors (Lipinski definition) is 1. The van der Waals surface area contributed by atoms with Crippen LogP contribution in [0.25, 0.3) is 0 Å². The highest BCUT2D eigenvalue weighted by atomic mass is 16.5. The molecule has 2 bridgehead atoms. The van der Waals surface area contributed by atoms with Gasteiger partial charge < -0.3 is 9.94 Å². The zero-order chi connectivity index (χ0) is 10.1. The summed E-state index contributed by atoms with van der Waals surface area (Å²) in [7, 11) is 0. The Balaban J connectivity index is 2.06. The molecule has 0 heterocycles. The molecule has 1 N–H and O–H groups in total. The van der Waals surface area contributed by atoms with Crippen LogP contribution < -0.4 is 0 Å². The summed E-state index contributed by atoms with van der Waals surface area (Å²) in [6.45, 7) is 2.24. The molecule has 0 amide bonds. The molecule has 78 valence electrons. The first-order valence-electron chi connectivity index (χ1n) is 5.13. The molecular weight excluding hydrogens is 182 g/mol. The first-order chi connectivity index (χ1) is 6.76. The van der Waals surface area contributed by atoms with E-state index in [2.05, 4.69) is 5.16 Å². The second-order valence-corrected chi connectivity index (χ2v) is 4.10. The number of hydrogen-bond acceptors (Lipinski definition) is 4. The van der Waals surface area contributed by atoms with Gasteiger partial charge in [0.2, 0.25) is 0 Å². The highest BCUT2D eigenvalue weighted by molar-refractivity contribution is 5.93. The molecule has 2 aliphatic carbocycles. The fourth-order valence-electron chi connectivity index (χ4n) is 2.75. The van der Waals surface area contributed by atoms with E-state index in [0.717, 1.165) is 25.0 Å². The smallest absolute Gasteiger partial charge is 0.309 e. The minimum Gasteiger partial charge on any atom is -0.466 e. The normalized spacial score (nSPS) is 37.8. The average Bonchev–Trinajstić information content (AvgIpc) is 2.76. The predicted octanol–water partition coefficient (Wildman–Crippen LogP) is 1.43. The second kappa shape index (κ2) is 3.59. The Morgan fingerprint density at radius 1 is 1.64 bits per heavy atom. The van der Waals surface area contributed by atoms with Crippen molar-refractivity contribution >= 4 is 11.7 Å². The van der Waals surface area contributed by atoms with Gasteiger partial charge in [0.25, 0.3) is 0 Å². The van der Waals surface area contributed by atoms with Crippen LogP contribution in [0, 0.1) is 17.8 Å². The molecule has 2 saturated carbocycles. The van der Waals surface area contributed by atoms with Crippen LogP contribution in [0.3, 0.4) is 0 Å². The molecule has 3 atom stereocenters. The summed E-state index contributed by atoms with van der Waals surface area (Å²) in [5.41, 5.74) is 0.791. The lowest BCUT2D eigenvalue weighted by atomic mass is 9.87. The van der Waals surface area contributed by atoms with Gasteiger partial charge in [-0.05, 0) is 32.1 Å². The number of ether oxygens (including phenoxy) is 1. The van der Waals surface area contributed by atoms with Gasteiger partial charge in [0.05, 0.1) is 18.2 Å². The Labute approximate surface area is 82.9 Å². The van der Waals surface area contributed by atoms with Gasteiger partial charge in [-0.2, -0.15) is 0 Å². The number of oxime groups is 1. The molecule has 0 unspecified atom stereocenters. The van der Waals surface area contributed by atoms with Crippen molar-refractivity contribution in [1.29, 1.82) is 0 Å². The first kappa shape index (κ1) is 9.49. The number of esters is 1. The number of carbonyl (C=O) groups excluding carboxylic acids is 1. The molecule has 2 rings (SSSR count). The fourth-order valence-corrected chi connectivity index (χ4v) is 2.75. The topological polar surface area (TPSA) is 58.9 Å². The van der Waals surface area contributed by atoms with Gasteiger partial charge in [-0.15, -0.1) is 0 Å². The highest BCUT2D eigenvalue weighted by Crippen LogP contribution is 2.47. The van der Waals surface area contributed by atoms with Crippen LogP contribution in [0.15, 0.2) is 5.16 Å². The predicted molar refractivity (Wildman–Crippen MR) is 50.2 cm³/mol. The Morgan fingerprint density at radius 2 is 2.43 bits per heavy atom. The number of nitrogens with zero attached hydrogens (tertiary/aromatic N) is 1. The Morgan fingerprint density at radius 3 is 3.00 bits per heavy atom. The van der Waals surface area contributed by atoms with Gasteiger partial charge in [0, 0.05) is 5.92 Å². The van der Waals surface area contributed by atoms with Gasteiger partial charge in [-0.1, -0.05) is 5.16 Å². The Bertz CT molecular complexity index is 275. The molecule has 0 saturated heterocycles. The van der Waals surface area contributed by atoms with Crippen LogP contribution in [0.2, 0.25) is 0 Å². The van der Waals surface area contributed by atoms with E-state index in [4.69, 9.17) is 9.94 Å². The molecule has 0 aromatic heterocycles. The number of rotatable bonds is 2. The Hall–Kier alpha value is -1.06. The molecule has 2 fully saturated rings. The van der Waals surface area contributed by atoms with Gasteiger partial charge in [0.1, 0.15) is 0 Å². The molecule has 2 aliphatic rings. The van der Waals surface area contributed by atoms with Crippen LogP contribution in [0.1, 0.15) is 26.2 Å². The van der Waals surface area contributed by atoms with Crippen molar-refractivity contribution in [3.05, 3.63) is 0 Å². The largest absolute Gasteiger partial charge is 0.466 e. The van der Waals surface area contributed by atoms with Crippen LogP contribution in [-0.4, -0.2) is 23.5 Å². The van der Waals surface area contributed by atoms with E-state index in [-0.39, 0.29) is 17.8 Å². The second-order valence-electron chi connectivity index (χ2n) is 4.10. The summed E-state index contributed by atoms with van der Waals surface area (Å²) in [6.07, 6.45) is 2.75. The lowest BCUT2D eigenvalue weighted by Gasteiger charge is -2.20. The molecular formula is C10H15NO3. The van der Waals surface area contributed by atoms with Crippen molar-refractivity contribution in [2.75, 3.05) is 6.61 Å². The van der Waals surface area contributed by atoms with Crippen molar-refractivity contribution in [2.45, 2.75) is 26.2 Å². The summed E-state index contributed by atoms with van der Waals surface area (Å²) < 4.78 is 5.00. The molecule has 0 spiro atoms. The van der Waals surface area contributed by atoms with E-state index in [1.807, 2.05) is 6.92 Å². The van der Waals surface area contributed by atoms with E-state index >= 15 is 0 Å². The van der Waals surface area contributed by atoms with Crippen LogP contribution in [0.4, 0.5) is 0 Å². The van der Waals surface area contributed by atoms with Crippen LogP contribution in [-0.2, 0) is 9.53 Å². The van der Waals surface area contributed by atoms with Crippen LogP contribution >= 0.6 is 0 Å². The van der Waals surface area contributed by atoms with E-state index in [9.17, 15) is 4.79 Å². The van der Waals surface area contributed by atoms with Crippen molar-refractivity contribution < 1.29 is 14.7 Å². The molecule has 0 aliphatic heterocycles. The van der Waals surface area contributed by atoms with Crippen molar-refractivity contribution in [3.8, 4) is 0 Å². The maximum absolute atomic E-state index is 11.5. The third-order valence-electron chi connectivity index (χ3n) is 3.30. The molecule has 4 heteroatoms. The molecule has 0 aromatic carbocycles. The minimum atomic E-state index is -0.124. The standard InChI is InChI=1S/C10H15NO3/c1-2-14-10(12)8-4-6-3-7(8)9(5-6)11-13/h6-8,13H,2-5H2,1H3/b11-9+/t6-,7+,8-/m1/s1. The molecule has 4 nitrogen and oxygen atoms in total. The third-order valence-corrected chi connectivity index (χ3v) is 3.30. The highest BCUT2D eigenvalue weighted by Gasteiger charge is 2.48. The van der Waals surface area contributed by atoms with Gasteiger partial charge in [0.15, 0.2) is 0 Å². The summed E-state index contributed by atoms with van der Waals surface area (Å²) in [4.78, 5) is 11.5. The molecule has 0 aromatic rings. The monoisotopic (exact) mass is 197 g/mol. The number of carbonyl (C=O) groups is 1. The first-order valence-corrected chi connectivity index (χ1v) is 5.13. The van der Waals surface area contributed by atoms with E-state index in [1.54, 1.807) is 0 Å². The summed E-state index contributed by atoms with van der Waals surface area (Å²) in [5.74, 6) is 0.491. The van der Waals surface area contributed by atoms with E-state index in [0.29, 0.717) is 12.5 Å². The van der Waals surface area contributed by atoms with Gasteiger partial charge in [-0.25, -0.2) is 0 Å². The van der Waals surface area contributed by atoms with Crippen molar-refractivity contribution in [3.63, 3.8) is 0 Å². The number of fused-ring (bicyclic) bond motifs is 2. The third kappa shape index (κ3) is 1.38. The van der Waals surface area contributed by atoms with Gasteiger partial charge in [-0.3, -0.25) is 4.79 Å². The minimum absolute atomic E-state index is 0.0559. The van der Waals surface area contributed by atoms with Gasteiger partial charge >= 0.3 is 5.97 Å². The van der Waals surface area contributed by atoms with E-state index < -0.39 is 0 Å². The lowest BCUT2D eigenvalue weighted by molar-refractivity contribution is -0.148. The summed E-state index contributed by atoms with van der Waals surface area (Å²) in [6, 6.07) is 0. The SMILES string of the molecule is CCOC(=O)[C@@H]1C[C@@H]2C/C(=N\O)[C@H]1C2. The maximum Gasteiger partial charge on any atom is 0.309 e. The van der Waals surface area contributed by atoms with Crippen molar-refractivity contribution in [1.82, 2.24) is 0 Å². The zero-order valence-electron chi connectivity index (χ0n) is 8.27. The average molecular weight is 197 g/mol. The molecule has 14 heavy (non-hydrogen) atoms. The fraction of sp³-hybridized carbons (Fsp3) is 0.800.